The average Bonchev–Trinajstić information content (AvgIpc) is 2.83. The van der Waals surface area contributed by atoms with Crippen molar-refractivity contribution >= 4 is 24.2 Å². The van der Waals surface area contributed by atoms with Crippen LogP contribution in [0.4, 0.5) is 14.4 Å². The summed E-state index contributed by atoms with van der Waals surface area (Å²) in [7, 11) is 1.20. The minimum absolute atomic E-state index is 0.0134. The number of carbonyl (C=O) groups is 4. The molecule has 1 aliphatic heterocycles. The molecule has 212 valence electrons. The van der Waals surface area contributed by atoms with E-state index in [9.17, 15) is 19.2 Å². The van der Waals surface area contributed by atoms with Crippen molar-refractivity contribution in [3.8, 4) is 0 Å². The Bertz CT molecular complexity index is 947. The fraction of sp³-hybridized carbons (Fsp3) is 0.630. The summed E-state index contributed by atoms with van der Waals surface area (Å²) in [6, 6.07) is 7.55. The summed E-state index contributed by atoms with van der Waals surface area (Å²) in [5.41, 5.74) is -0.621. The first-order chi connectivity index (χ1) is 17.7. The van der Waals surface area contributed by atoms with E-state index >= 15 is 0 Å². The monoisotopic (exact) mass is 535 g/mol. The summed E-state index contributed by atoms with van der Waals surface area (Å²) in [4.78, 5) is 53.8. The molecule has 11 nitrogen and oxygen atoms in total. The van der Waals surface area contributed by atoms with Gasteiger partial charge in [-0.15, -0.1) is 0 Å². The van der Waals surface area contributed by atoms with Gasteiger partial charge in [-0.1, -0.05) is 30.3 Å². The van der Waals surface area contributed by atoms with Gasteiger partial charge in [0.1, 0.15) is 23.9 Å². The number of carbonyl (C=O) groups excluding carboxylic acids is 4. The number of esters is 1. The molecule has 1 N–H and O–H groups in total. The Labute approximate surface area is 224 Å². The minimum atomic E-state index is -1.19. The summed E-state index contributed by atoms with van der Waals surface area (Å²) in [6.45, 7) is 11.1. The van der Waals surface area contributed by atoms with Crippen LogP contribution in [0.3, 0.4) is 0 Å². The van der Waals surface area contributed by atoms with Crippen LogP contribution in [0.5, 0.6) is 0 Å². The van der Waals surface area contributed by atoms with Gasteiger partial charge in [0, 0.05) is 19.1 Å². The molecule has 0 bridgehead atoms. The van der Waals surface area contributed by atoms with Crippen molar-refractivity contribution in [3.05, 3.63) is 35.9 Å². The van der Waals surface area contributed by atoms with Crippen molar-refractivity contribution in [2.24, 2.45) is 0 Å². The zero-order chi connectivity index (χ0) is 28.5. The molecule has 1 aromatic rings. The molecule has 38 heavy (non-hydrogen) atoms. The number of nitrogens with one attached hydrogen (secondary N) is 1. The van der Waals surface area contributed by atoms with Gasteiger partial charge < -0.3 is 34.1 Å². The summed E-state index contributed by atoms with van der Waals surface area (Å²) in [5, 5.41) is 2.51. The zero-order valence-corrected chi connectivity index (χ0v) is 23.4. The summed E-state index contributed by atoms with van der Waals surface area (Å²) in [6.07, 6.45) is -1.01. The van der Waals surface area contributed by atoms with Gasteiger partial charge in [0.05, 0.1) is 13.7 Å². The minimum Gasteiger partial charge on any atom is -0.467 e. The average molecular weight is 536 g/mol. The van der Waals surface area contributed by atoms with Gasteiger partial charge in [0.25, 0.3) is 0 Å². The highest BCUT2D eigenvalue weighted by molar-refractivity contribution is 5.82. The molecule has 1 aliphatic rings. The Hall–Kier alpha value is -3.50. The number of likely N-dealkylation sites (tertiary alicyclic amines) is 1. The maximum atomic E-state index is 13.2. The summed E-state index contributed by atoms with van der Waals surface area (Å²) in [5.74, 6) is -0.735. The number of ether oxygens (including phenoxy) is 4. The van der Waals surface area contributed by atoms with Gasteiger partial charge in [-0.3, -0.25) is 0 Å². The lowest BCUT2D eigenvalue weighted by Crippen LogP contribution is -2.56. The number of alkyl carbamates (subject to hydrolysis) is 1. The number of piperidine rings is 1. The van der Waals surface area contributed by atoms with E-state index in [1.807, 2.05) is 18.2 Å². The molecular weight excluding hydrogens is 494 g/mol. The summed E-state index contributed by atoms with van der Waals surface area (Å²) >= 11 is 0. The van der Waals surface area contributed by atoms with Gasteiger partial charge in [-0.2, -0.15) is 0 Å². The fourth-order valence-corrected chi connectivity index (χ4v) is 3.80. The Kier molecular flexibility index (Phi) is 10.8. The van der Waals surface area contributed by atoms with Crippen LogP contribution in [0, 0.1) is 0 Å². The molecule has 1 aromatic carbocycles. The van der Waals surface area contributed by atoms with Crippen LogP contribution in [0.1, 0.15) is 59.9 Å². The Morgan fingerprint density at radius 3 is 2.08 bits per heavy atom. The molecule has 2 rings (SSSR count). The van der Waals surface area contributed by atoms with Crippen LogP contribution in [0.15, 0.2) is 30.3 Å². The van der Waals surface area contributed by atoms with Crippen molar-refractivity contribution in [3.63, 3.8) is 0 Å². The highest BCUT2D eigenvalue weighted by Gasteiger charge is 2.37. The lowest BCUT2D eigenvalue weighted by Gasteiger charge is -2.40. The second kappa shape index (κ2) is 13.3. The third kappa shape index (κ3) is 10.5. The van der Waals surface area contributed by atoms with Gasteiger partial charge in [-0.25, -0.2) is 19.2 Å². The second-order valence-electron chi connectivity index (χ2n) is 11.1. The predicted octanol–water partition coefficient (Wildman–Crippen LogP) is 4.09. The van der Waals surface area contributed by atoms with E-state index in [-0.39, 0.29) is 19.2 Å². The number of benzene rings is 1. The molecule has 1 saturated heterocycles. The molecule has 0 unspecified atom stereocenters. The molecule has 1 atom stereocenters. The molecule has 1 heterocycles. The molecule has 0 saturated carbocycles. The van der Waals surface area contributed by atoms with E-state index in [1.165, 1.54) is 12.0 Å². The van der Waals surface area contributed by atoms with Gasteiger partial charge in [-0.05, 0) is 59.9 Å². The number of hydrogen-bond donors (Lipinski definition) is 1. The van der Waals surface area contributed by atoms with E-state index in [1.54, 1.807) is 58.6 Å². The molecule has 1 fully saturated rings. The van der Waals surface area contributed by atoms with Crippen LogP contribution in [0.2, 0.25) is 0 Å². The van der Waals surface area contributed by atoms with Crippen LogP contribution in [0.25, 0.3) is 0 Å². The molecule has 0 spiro atoms. The molecule has 0 aliphatic carbocycles. The first-order valence-electron chi connectivity index (χ1n) is 12.7. The Morgan fingerprint density at radius 2 is 1.55 bits per heavy atom. The van der Waals surface area contributed by atoms with Crippen LogP contribution < -0.4 is 5.32 Å². The smallest absolute Gasteiger partial charge is 0.410 e. The van der Waals surface area contributed by atoms with E-state index < -0.39 is 41.5 Å². The zero-order valence-electron chi connectivity index (χ0n) is 23.4. The Balaban J connectivity index is 2.12. The van der Waals surface area contributed by atoms with Crippen LogP contribution in [-0.4, -0.2) is 84.1 Å². The lowest BCUT2D eigenvalue weighted by molar-refractivity contribution is -0.143. The highest BCUT2D eigenvalue weighted by Crippen LogP contribution is 2.22. The first kappa shape index (κ1) is 30.7. The fourth-order valence-electron chi connectivity index (χ4n) is 3.80. The molecule has 11 heteroatoms. The standard InChI is InChI=1S/C27H41N3O8/c1-26(2,3)37-24(33)29-15-13-20(14-16-29)30(25(34)38-27(4,5)6)17-21(22(31)35-7)28-23(32)36-18-19-11-9-8-10-12-19/h8-12,20-21H,13-18H2,1-7H3,(H,28,32)/t21-/m0/s1. The maximum Gasteiger partial charge on any atom is 0.410 e. The number of methoxy groups -OCH3 is 1. The lowest BCUT2D eigenvalue weighted by atomic mass is 10.0. The quantitative estimate of drug-likeness (QED) is 0.409. The number of amides is 3. The third-order valence-electron chi connectivity index (χ3n) is 5.55. The van der Waals surface area contributed by atoms with E-state index in [0.29, 0.717) is 25.9 Å². The van der Waals surface area contributed by atoms with Gasteiger partial charge in [0.15, 0.2) is 0 Å². The van der Waals surface area contributed by atoms with Crippen molar-refractivity contribution in [2.45, 2.75) is 84.3 Å². The van der Waals surface area contributed by atoms with Gasteiger partial charge in [0.2, 0.25) is 0 Å². The third-order valence-corrected chi connectivity index (χ3v) is 5.55. The highest BCUT2D eigenvalue weighted by atomic mass is 16.6. The van der Waals surface area contributed by atoms with Crippen LogP contribution >= 0.6 is 0 Å². The Morgan fingerprint density at radius 1 is 0.974 bits per heavy atom. The molecule has 0 aromatic heterocycles. The topological polar surface area (TPSA) is 124 Å². The number of hydrogen-bond acceptors (Lipinski definition) is 8. The number of nitrogens with zero attached hydrogens (tertiary/aromatic N) is 2. The largest absolute Gasteiger partial charge is 0.467 e. The van der Waals surface area contributed by atoms with E-state index in [2.05, 4.69) is 5.32 Å². The molecular formula is C27H41N3O8. The summed E-state index contributed by atoms with van der Waals surface area (Å²) < 4.78 is 21.2. The van der Waals surface area contributed by atoms with Crippen molar-refractivity contribution < 1.29 is 38.1 Å². The SMILES string of the molecule is COC(=O)[C@H](CN(C(=O)OC(C)(C)C)C1CCN(C(=O)OC(C)(C)C)CC1)NC(=O)OCc1ccccc1. The van der Waals surface area contributed by atoms with E-state index in [4.69, 9.17) is 18.9 Å². The van der Waals surface area contributed by atoms with Crippen molar-refractivity contribution in [1.29, 1.82) is 0 Å². The number of rotatable bonds is 7. The van der Waals surface area contributed by atoms with Crippen molar-refractivity contribution in [1.82, 2.24) is 15.1 Å². The second-order valence-corrected chi connectivity index (χ2v) is 11.1. The normalized spacial score (nSPS) is 15.2. The molecule has 0 radical (unpaired) electrons. The van der Waals surface area contributed by atoms with Crippen molar-refractivity contribution in [2.75, 3.05) is 26.7 Å². The van der Waals surface area contributed by atoms with Gasteiger partial charge >= 0.3 is 24.2 Å². The van der Waals surface area contributed by atoms with Crippen LogP contribution in [-0.2, 0) is 30.3 Å². The maximum absolute atomic E-state index is 13.2. The molecule has 3 amide bonds. The first-order valence-corrected chi connectivity index (χ1v) is 12.7. The predicted molar refractivity (Wildman–Crippen MR) is 139 cm³/mol. The van der Waals surface area contributed by atoms with E-state index in [0.717, 1.165) is 5.56 Å².